The van der Waals surface area contributed by atoms with Crippen molar-refractivity contribution in [2.75, 3.05) is 20.2 Å². The summed E-state index contributed by atoms with van der Waals surface area (Å²) in [4.78, 5) is 15.9. The van der Waals surface area contributed by atoms with Gasteiger partial charge in [-0.25, -0.2) is 0 Å². The van der Waals surface area contributed by atoms with Crippen LogP contribution < -0.4 is 5.32 Å². The highest BCUT2D eigenvalue weighted by Crippen LogP contribution is 2.28. The Bertz CT molecular complexity index is 600. The van der Waals surface area contributed by atoms with Gasteiger partial charge in [0.25, 0.3) is 5.91 Å². The number of hydrogen-bond donors (Lipinski definition) is 1. The van der Waals surface area contributed by atoms with Crippen molar-refractivity contribution in [3.8, 4) is 0 Å². The first-order valence-electron chi connectivity index (χ1n) is 7.42. The van der Waals surface area contributed by atoms with Gasteiger partial charge in [-0.15, -0.1) is 11.3 Å². The van der Waals surface area contributed by atoms with Crippen LogP contribution in [0.2, 0.25) is 0 Å². The Labute approximate surface area is 134 Å². The third-order valence-electron chi connectivity index (χ3n) is 3.92. The van der Waals surface area contributed by atoms with Gasteiger partial charge in [-0.05, 0) is 24.1 Å². The molecule has 1 aliphatic rings. The van der Waals surface area contributed by atoms with Crippen LogP contribution in [0.5, 0.6) is 0 Å². The van der Waals surface area contributed by atoms with Crippen molar-refractivity contribution in [3.63, 3.8) is 0 Å². The molecule has 0 radical (unpaired) electrons. The lowest BCUT2D eigenvalue weighted by molar-refractivity contribution is -0.144. The molecule has 2 heterocycles. The molecule has 3 rings (SSSR count). The first-order valence-corrected chi connectivity index (χ1v) is 8.30. The number of rotatable bonds is 4. The predicted molar refractivity (Wildman–Crippen MR) is 87.7 cm³/mol. The third kappa shape index (κ3) is 3.38. The average Bonchev–Trinajstić information content (AvgIpc) is 3.06. The van der Waals surface area contributed by atoms with Gasteiger partial charge in [0.05, 0.1) is 19.2 Å². The summed E-state index contributed by atoms with van der Waals surface area (Å²) in [5.74, 6) is -0.0474. The van der Waals surface area contributed by atoms with Crippen LogP contribution in [0.15, 0.2) is 47.8 Å². The van der Waals surface area contributed by atoms with Crippen LogP contribution in [0.1, 0.15) is 16.5 Å². The second kappa shape index (κ2) is 7.05. The molecule has 1 amide bonds. The number of morpholine rings is 1. The Morgan fingerprint density at radius 2 is 2.14 bits per heavy atom. The molecule has 0 spiro atoms. The zero-order valence-electron chi connectivity index (χ0n) is 12.6. The zero-order valence-corrected chi connectivity index (χ0v) is 13.4. The summed E-state index contributed by atoms with van der Waals surface area (Å²) in [6, 6.07) is 14.1. The van der Waals surface area contributed by atoms with E-state index in [1.807, 2.05) is 42.8 Å². The van der Waals surface area contributed by atoms with Crippen LogP contribution in [0.4, 0.5) is 0 Å². The number of hydrogen-bond acceptors (Lipinski definition) is 4. The van der Waals surface area contributed by atoms with Gasteiger partial charge in [0, 0.05) is 11.4 Å². The maximum Gasteiger partial charge on any atom is 0.251 e. The van der Waals surface area contributed by atoms with Crippen LogP contribution in [0, 0.1) is 0 Å². The Kier molecular flexibility index (Phi) is 4.87. The van der Waals surface area contributed by atoms with Gasteiger partial charge in [-0.2, -0.15) is 0 Å². The maximum atomic E-state index is 12.6. The highest BCUT2D eigenvalue weighted by molar-refractivity contribution is 7.09. The lowest BCUT2D eigenvalue weighted by Crippen LogP contribution is -2.50. The molecule has 2 atom stereocenters. The molecule has 1 aromatic carbocycles. The molecule has 1 N–H and O–H groups in total. The van der Waals surface area contributed by atoms with Gasteiger partial charge < -0.3 is 10.1 Å². The molecule has 1 saturated heterocycles. The molecule has 0 unspecified atom stereocenters. The molecule has 22 heavy (non-hydrogen) atoms. The Morgan fingerprint density at radius 3 is 2.86 bits per heavy atom. The molecular formula is C17H20N2O2S. The third-order valence-corrected chi connectivity index (χ3v) is 4.80. The second-order valence-corrected chi connectivity index (χ2v) is 6.46. The summed E-state index contributed by atoms with van der Waals surface area (Å²) in [5, 5.41) is 5.01. The molecule has 1 aromatic heterocycles. The Balaban J connectivity index is 1.73. The van der Waals surface area contributed by atoms with Gasteiger partial charge >= 0.3 is 0 Å². The minimum atomic E-state index is -0.471. The summed E-state index contributed by atoms with van der Waals surface area (Å²) in [5.41, 5.74) is 1.11. The average molecular weight is 316 g/mol. The van der Waals surface area contributed by atoms with Crippen molar-refractivity contribution >= 4 is 17.2 Å². The number of thiophene rings is 1. The lowest BCUT2D eigenvalue weighted by Gasteiger charge is -2.38. The number of carbonyl (C=O) groups excluding carboxylic acids is 1. The quantitative estimate of drug-likeness (QED) is 0.942. The first kappa shape index (κ1) is 15.2. The largest absolute Gasteiger partial charge is 0.365 e. The van der Waals surface area contributed by atoms with Gasteiger partial charge in [0.1, 0.15) is 0 Å². The van der Waals surface area contributed by atoms with E-state index in [1.165, 1.54) is 0 Å². The topological polar surface area (TPSA) is 41.6 Å². The molecular weight excluding hydrogens is 296 g/mol. The van der Waals surface area contributed by atoms with Gasteiger partial charge in [0.2, 0.25) is 0 Å². The fraction of sp³-hybridized carbons (Fsp3) is 0.353. The summed E-state index contributed by atoms with van der Waals surface area (Å²) >= 11 is 1.64. The van der Waals surface area contributed by atoms with Crippen molar-refractivity contribution in [3.05, 3.63) is 58.3 Å². The van der Waals surface area contributed by atoms with Crippen LogP contribution in [-0.2, 0) is 16.1 Å². The maximum absolute atomic E-state index is 12.6. The summed E-state index contributed by atoms with van der Waals surface area (Å²) in [7, 11) is 2.04. The van der Waals surface area contributed by atoms with E-state index in [9.17, 15) is 4.79 Å². The van der Waals surface area contributed by atoms with E-state index in [0.717, 1.165) is 17.0 Å². The summed E-state index contributed by atoms with van der Waals surface area (Å²) in [6.45, 7) is 1.97. The van der Waals surface area contributed by atoms with Crippen molar-refractivity contribution in [2.24, 2.45) is 0 Å². The van der Waals surface area contributed by atoms with Gasteiger partial charge in [-0.3, -0.25) is 9.69 Å². The SMILES string of the molecule is CN1CCO[C@@H](C(=O)NCc2cccs2)[C@@H]1c1ccccc1. The molecule has 1 aliphatic heterocycles. The molecule has 5 heteroatoms. The Hall–Kier alpha value is -1.69. The number of nitrogens with zero attached hydrogens (tertiary/aromatic N) is 1. The first-order chi connectivity index (χ1) is 10.8. The zero-order chi connectivity index (χ0) is 15.4. The number of amides is 1. The second-order valence-electron chi connectivity index (χ2n) is 5.42. The fourth-order valence-electron chi connectivity index (χ4n) is 2.77. The molecule has 116 valence electrons. The number of benzene rings is 1. The predicted octanol–water partition coefficient (Wildman–Crippen LogP) is 2.44. The van der Waals surface area contributed by atoms with Gasteiger partial charge in [-0.1, -0.05) is 36.4 Å². The molecule has 4 nitrogen and oxygen atoms in total. The minimum Gasteiger partial charge on any atom is -0.365 e. The van der Waals surface area contributed by atoms with E-state index in [1.54, 1.807) is 11.3 Å². The number of nitrogens with one attached hydrogen (secondary N) is 1. The normalized spacial score (nSPS) is 22.4. The van der Waals surface area contributed by atoms with Crippen LogP contribution in [0.3, 0.4) is 0 Å². The molecule has 0 aliphatic carbocycles. The fourth-order valence-corrected chi connectivity index (χ4v) is 3.42. The standard InChI is InChI=1S/C17H20N2O2S/c1-19-9-10-21-16(15(19)13-6-3-2-4-7-13)17(20)18-12-14-8-5-11-22-14/h2-8,11,15-16H,9-10,12H2,1H3,(H,18,20)/t15-,16+/m0/s1. The molecule has 0 saturated carbocycles. The van der Waals surface area contributed by atoms with E-state index in [-0.39, 0.29) is 11.9 Å². The van der Waals surface area contributed by atoms with Gasteiger partial charge in [0.15, 0.2) is 6.10 Å². The van der Waals surface area contributed by atoms with E-state index < -0.39 is 6.10 Å². The van der Waals surface area contributed by atoms with E-state index >= 15 is 0 Å². The molecule has 1 fully saturated rings. The van der Waals surface area contributed by atoms with Crippen LogP contribution in [0.25, 0.3) is 0 Å². The van der Waals surface area contributed by atoms with E-state index in [0.29, 0.717) is 13.2 Å². The molecule has 2 aromatic rings. The van der Waals surface area contributed by atoms with Crippen molar-refractivity contribution < 1.29 is 9.53 Å². The Morgan fingerprint density at radius 1 is 1.32 bits per heavy atom. The smallest absolute Gasteiger partial charge is 0.251 e. The lowest BCUT2D eigenvalue weighted by atomic mass is 9.98. The highest BCUT2D eigenvalue weighted by atomic mass is 32.1. The summed E-state index contributed by atoms with van der Waals surface area (Å²) < 4.78 is 5.80. The summed E-state index contributed by atoms with van der Waals surface area (Å²) in [6.07, 6.45) is -0.471. The van der Waals surface area contributed by atoms with Crippen LogP contribution in [-0.4, -0.2) is 37.1 Å². The van der Waals surface area contributed by atoms with E-state index in [2.05, 4.69) is 22.3 Å². The highest BCUT2D eigenvalue weighted by Gasteiger charge is 2.36. The number of ether oxygens (including phenoxy) is 1. The number of likely N-dealkylation sites (N-methyl/N-ethyl adjacent to an activating group) is 1. The number of carbonyl (C=O) groups is 1. The van der Waals surface area contributed by atoms with Crippen molar-refractivity contribution in [1.29, 1.82) is 0 Å². The van der Waals surface area contributed by atoms with Crippen molar-refractivity contribution in [1.82, 2.24) is 10.2 Å². The minimum absolute atomic E-state index is 0.0433. The van der Waals surface area contributed by atoms with E-state index in [4.69, 9.17) is 4.74 Å². The van der Waals surface area contributed by atoms with Crippen molar-refractivity contribution in [2.45, 2.75) is 18.7 Å². The van der Waals surface area contributed by atoms with Crippen LogP contribution >= 0.6 is 11.3 Å². The molecule has 0 bridgehead atoms. The monoisotopic (exact) mass is 316 g/mol.